The highest BCUT2D eigenvalue weighted by molar-refractivity contribution is 6.32. The summed E-state index contributed by atoms with van der Waals surface area (Å²) >= 11 is 6.77. The minimum atomic E-state index is -0.436. The average molecular weight is 520 g/mol. The molecule has 0 N–H and O–H groups in total. The summed E-state index contributed by atoms with van der Waals surface area (Å²) in [5.74, 6) is 0.878. The van der Waals surface area contributed by atoms with Gasteiger partial charge in [0.25, 0.3) is 0 Å². The lowest BCUT2D eigenvalue weighted by atomic mass is 9.71. The molecule has 1 heterocycles. The van der Waals surface area contributed by atoms with Crippen LogP contribution < -0.4 is 9.47 Å². The van der Waals surface area contributed by atoms with Gasteiger partial charge in [0.15, 0.2) is 23.1 Å². The van der Waals surface area contributed by atoms with Crippen molar-refractivity contribution in [3.63, 3.8) is 0 Å². The van der Waals surface area contributed by atoms with E-state index in [0.29, 0.717) is 49.1 Å². The van der Waals surface area contributed by atoms with E-state index in [9.17, 15) is 9.59 Å². The minimum Gasteiger partial charge on any atom is -0.490 e. The SMILES string of the molecule is CCCOc1c(Cl)cc(C2C3=C(CCCC3=O)N(Cc3ccccc3)C3=C2C(=O)CCC3)cc1OCC. The van der Waals surface area contributed by atoms with Crippen molar-refractivity contribution in [1.82, 2.24) is 4.90 Å². The Morgan fingerprint density at radius 3 is 2.14 bits per heavy atom. The number of rotatable bonds is 8. The number of hydrogen-bond acceptors (Lipinski definition) is 5. The third-order valence-corrected chi connectivity index (χ3v) is 7.67. The second kappa shape index (κ2) is 11.1. The molecule has 5 rings (SSSR count). The highest BCUT2D eigenvalue weighted by atomic mass is 35.5. The quantitative estimate of drug-likeness (QED) is 0.371. The summed E-state index contributed by atoms with van der Waals surface area (Å²) in [6.07, 6.45) is 5.11. The smallest absolute Gasteiger partial charge is 0.179 e. The molecule has 1 aliphatic heterocycles. The van der Waals surface area contributed by atoms with Crippen LogP contribution in [0.15, 0.2) is 65.0 Å². The van der Waals surface area contributed by atoms with Gasteiger partial charge in [0.05, 0.1) is 18.2 Å². The molecule has 2 aromatic carbocycles. The lowest BCUT2D eigenvalue weighted by Gasteiger charge is -2.44. The van der Waals surface area contributed by atoms with E-state index >= 15 is 0 Å². The fourth-order valence-corrected chi connectivity index (χ4v) is 6.14. The van der Waals surface area contributed by atoms with E-state index in [-0.39, 0.29) is 11.6 Å². The van der Waals surface area contributed by atoms with Crippen molar-refractivity contribution in [1.29, 1.82) is 0 Å². The van der Waals surface area contributed by atoms with Crippen LogP contribution in [0.4, 0.5) is 0 Å². The topological polar surface area (TPSA) is 55.8 Å². The molecule has 5 nitrogen and oxygen atoms in total. The first-order valence-corrected chi connectivity index (χ1v) is 13.8. The summed E-state index contributed by atoms with van der Waals surface area (Å²) in [6, 6.07) is 14.1. The van der Waals surface area contributed by atoms with Gasteiger partial charge < -0.3 is 14.4 Å². The molecule has 194 valence electrons. The maximum atomic E-state index is 13.6. The molecule has 3 aliphatic rings. The number of allylic oxidation sites excluding steroid dienone is 4. The predicted octanol–water partition coefficient (Wildman–Crippen LogP) is 7.14. The van der Waals surface area contributed by atoms with Crippen LogP contribution in [-0.2, 0) is 16.1 Å². The highest BCUT2D eigenvalue weighted by Crippen LogP contribution is 2.51. The maximum absolute atomic E-state index is 13.6. The molecule has 0 amide bonds. The van der Waals surface area contributed by atoms with Crippen molar-refractivity contribution in [3.05, 3.63) is 81.2 Å². The number of carbonyl (C=O) groups excluding carboxylic acids is 2. The van der Waals surface area contributed by atoms with Crippen LogP contribution in [0.2, 0.25) is 5.02 Å². The number of halogens is 1. The third kappa shape index (κ3) is 4.94. The van der Waals surface area contributed by atoms with Crippen LogP contribution in [0.3, 0.4) is 0 Å². The van der Waals surface area contributed by atoms with E-state index in [1.807, 2.05) is 44.2 Å². The number of ether oxygens (including phenoxy) is 2. The van der Waals surface area contributed by atoms with Crippen LogP contribution in [0.5, 0.6) is 11.5 Å². The molecule has 0 radical (unpaired) electrons. The van der Waals surface area contributed by atoms with E-state index in [1.54, 1.807) is 0 Å². The maximum Gasteiger partial charge on any atom is 0.179 e. The molecule has 0 atom stereocenters. The Morgan fingerprint density at radius 2 is 1.54 bits per heavy atom. The number of nitrogens with zero attached hydrogens (tertiary/aromatic N) is 1. The molecular weight excluding hydrogens is 486 g/mol. The minimum absolute atomic E-state index is 0.120. The van der Waals surface area contributed by atoms with Gasteiger partial charge in [-0.15, -0.1) is 0 Å². The van der Waals surface area contributed by atoms with E-state index in [2.05, 4.69) is 17.0 Å². The average Bonchev–Trinajstić information content (AvgIpc) is 2.89. The van der Waals surface area contributed by atoms with Gasteiger partial charge in [0, 0.05) is 47.8 Å². The summed E-state index contributed by atoms with van der Waals surface area (Å²) in [6.45, 7) is 5.59. The molecule has 0 unspecified atom stereocenters. The second-order valence-corrected chi connectivity index (χ2v) is 10.3. The molecule has 2 aliphatic carbocycles. The van der Waals surface area contributed by atoms with Gasteiger partial charge in [0.2, 0.25) is 0 Å². The van der Waals surface area contributed by atoms with Crippen LogP contribution in [0, 0.1) is 0 Å². The van der Waals surface area contributed by atoms with E-state index in [0.717, 1.165) is 65.8 Å². The van der Waals surface area contributed by atoms with Crippen LogP contribution in [0.25, 0.3) is 0 Å². The number of hydrogen-bond donors (Lipinski definition) is 0. The summed E-state index contributed by atoms with van der Waals surface area (Å²) in [5, 5.41) is 0.442. The third-order valence-electron chi connectivity index (χ3n) is 7.39. The summed E-state index contributed by atoms with van der Waals surface area (Å²) < 4.78 is 11.9. The summed E-state index contributed by atoms with van der Waals surface area (Å²) in [7, 11) is 0. The number of Topliss-reactive ketones (excluding diaryl/α,β-unsaturated/α-hetero) is 2. The van der Waals surface area contributed by atoms with Crippen molar-refractivity contribution < 1.29 is 19.1 Å². The van der Waals surface area contributed by atoms with E-state index in [1.165, 1.54) is 0 Å². The lowest BCUT2D eigenvalue weighted by molar-refractivity contribution is -0.117. The normalized spacial score (nSPS) is 18.2. The first kappa shape index (κ1) is 25.6. The van der Waals surface area contributed by atoms with Crippen molar-refractivity contribution in [2.45, 2.75) is 71.3 Å². The Kier molecular flexibility index (Phi) is 7.71. The van der Waals surface area contributed by atoms with Gasteiger partial charge in [-0.05, 0) is 62.3 Å². The van der Waals surface area contributed by atoms with Gasteiger partial charge >= 0.3 is 0 Å². The molecule has 0 saturated heterocycles. The Morgan fingerprint density at radius 1 is 0.892 bits per heavy atom. The molecule has 37 heavy (non-hydrogen) atoms. The van der Waals surface area contributed by atoms with Gasteiger partial charge in [-0.3, -0.25) is 9.59 Å². The van der Waals surface area contributed by atoms with E-state index in [4.69, 9.17) is 21.1 Å². The highest BCUT2D eigenvalue weighted by Gasteiger charge is 2.43. The molecule has 0 bridgehead atoms. The molecule has 0 spiro atoms. The fraction of sp³-hybridized carbons (Fsp3) is 0.419. The number of carbonyl (C=O) groups is 2. The Hall–Kier alpha value is -3.05. The van der Waals surface area contributed by atoms with Crippen molar-refractivity contribution in [3.8, 4) is 11.5 Å². The molecule has 6 heteroatoms. The number of benzene rings is 2. The fourth-order valence-electron chi connectivity index (χ4n) is 5.87. The van der Waals surface area contributed by atoms with Crippen molar-refractivity contribution in [2.75, 3.05) is 13.2 Å². The van der Waals surface area contributed by atoms with Gasteiger partial charge in [-0.25, -0.2) is 0 Å². The van der Waals surface area contributed by atoms with Crippen LogP contribution >= 0.6 is 11.6 Å². The predicted molar refractivity (Wildman–Crippen MR) is 145 cm³/mol. The first-order valence-electron chi connectivity index (χ1n) is 13.5. The largest absolute Gasteiger partial charge is 0.490 e. The van der Waals surface area contributed by atoms with Gasteiger partial charge in [-0.2, -0.15) is 0 Å². The van der Waals surface area contributed by atoms with Gasteiger partial charge in [0.1, 0.15) is 0 Å². The van der Waals surface area contributed by atoms with E-state index < -0.39 is 5.92 Å². The zero-order chi connectivity index (χ0) is 25.9. The standard InChI is InChI=1S/C31H34ClNO4/c1-3-16-37-31-22(32)17-21(18-27(31)36-4-2)28-29-23(12-8-14-25(29)34)33(19-20-10-6-5-7-11-20)24-13-9-15-26(35)30(24)28/h5-7,10-11,17-18,28H,3-4,8-9,12-16,19H2,1-2H3. The molecular formula is C31H34ClNO4. The summed E-state index contributed by atoms with van der Waals surface area (Å²) in [5.41, 5.74) is 5.59. The molecule has 0 saturated carbocycles. The molecule has 0 fully saturated rings. The Balaban J connectivity index is 1.69. The summed E-state index contributed by atoms with van der Waals surface area (Å²) in [4.78, 5) is 29.4. The monoisotopic (exact) mass is 519 g/mol. The second-order valence-electron chi connectivity index (χ2n) is 9.89. The lowest BCUT2D eigenvalue weighted by Crippen LogP contribution is -2.38. The van der Waals surface area contributed by atoms with Crippen molar-refractivity contribution in [2.24, 2.45) is 0 Å². The van der Waals surface area contributed by atoms with Gasteiger partial charge in [-0.1, -0.05) is 48.9 Å². The zero-order valence-corrected chi connectivity index (χ0v) is 22.4. The Bertz CT molecular complexity index is 1220. The zero-order valence-electron chi connectivity index (χ0n) is 21.6. The van der Waals surface area contributed by atoms with Crippen LogP contribution in [-0.4, -0.2) is 29.7 Å². The Labute approximate surface area is 224 Å². The van der Waals surface area contributed by atoms with Crippen molar-refractivity contribution >= 4 is 23.2 Å². The first-order chi connectivity index (χ1) is 18.0. The molecule has 0 aromatic heterocycles. The number of ketones is 2. The van der Waals surface area contributed by atoms with Crippen LogP contribution in [0.1, 0.15) is 75.8 Å². The molecule has 2 aromatic rings.